The Labute approximate surface area is 79.7 Å². The minimum atomic E-state index is -1.24. The average Bonchev–Trinajstić information content (AvgIpc) is 2.29. The Morgan fingerprint density at radius 1 is 1.29 bits per heavy atom. The fourth-order valence-corrected chi connectivity index (χ4v) is 0.955. The maximum atomic E-state index is 11.3. The molecule has 0 aromatic heterocycles. The van der Waals surface area contributed by atoms with E-state index in [1.54, 1.807) is 0 Å². The fourth-order valence-electron chi connectivity index (χ4n) is 0.955. The van der Waals surface area contributed by atoms with Crippen molar-refractivity contribution >= 4 is 17.8 Å². The summed E-state index contributed by atoms with van der Waals surface area (Å²) in [6, 6.07) is 0. The molecule has 6 heteroatoms. The highest BCUT2D eigenvalue weighted by molar-refractivity contribution is 6.17. The predicted octanol–water partition coefficient (Wildman–Crippen LogP) is -0.292. The van der Waals surface area contributed by atoms with E-state index in [9.17, 15) is 14.4 Å². The average molecular weight is 199 g/mol. The van der Waals surface area contributed by atoms with Crippen molar-refractivity contribution in [3.8, 4) is 0 Å². The van der Waals surface area contributed by atoms with Gasteiger partial charge in [0.05, 0.1) is 0 Å². The highest BCUT2D eigenvalue weighted by atomic mass is 16.7. The first kappa shape index (κ1) is 10.4. The van der Waals surface area contributed by atoms with E-state index >= 15 is 0 Å². The van der Waals surface area contributed by atoms with E-state index < -0.39 is 24.4 Å². The number of carboxylic acids is 1. The van der Waals surface area contributed by atoms with Crippen LogP contribution in [0.4, 0.5) is 0 Å². The molecule has 0 bridgehead atoms. The van der Waals surface area contributed by atoms with Crippen molar-refractivity contribution in [2.24, 2.45) is 0 Å². The third kappa shape index (κ3) is 1.64. The Kier molecular flexibility index (Phi) is 2.66. The van der Waals surface area contributed by atoms with Gasteiger partial charge in [-0.3, -0.25) is 14.4 Å². The molecule has 0 aromatic carbocycles. The monoisotopic (exact) mass is 199 g/mol. The first-order valence-electron chi connectivity index (χ1n) is 3.86. The summed E-state index contributed by atoms with van der Waals surface area (Å²) < 4.78 is 0. The van der Waals surface area contributed by atoms with Crippen LogP contribution < -0.4 is 0 Å². The van der Waals surface area contributed by atoms with Gasteiger partial charge in [0.25, 0.3) is 11.8 Å². The van der Waals surface area contributed by atoms with Gasteiger partial charge in [-0.25, -0.2) is 4.79 Å². The standard InChI is InChI=1S/C8H9NO5/c1-4-5(2)8(13)9(7(4)12)14-3-6(10)11/h3H2,1-2H3,(H,10,11). The summed E-state index contributed by atoms with van der Waals surface area (Å²) in [7, 11) is 0. The number of carbonyl (C=O) groups is 3. The SMILES string of the molecule is CC1=C(C)C(=O)N(OCC(=O)O)C1=O. The Morgan fingerprint density at radius 2 is 1.71 bits per heavy atom. The van der Waals surface area contributed by atoms with Crippen molar-refractivity contribution in [1.29, 1.82) is 0 Å². The van der Waals surface area contributed by atoms with Crippen molar-refractivity contribution in [3.05, 3.63) is 11.1 Å². The van der Waals surface area contributed by atoms with Crippen LogP contribution in [0.5, 0.6) is 0 Å². The summed E-state index contributed by atoms with van der Waals surface area (Å²) in [5.74, 6) is -2.45. The van der Waals surface area contributed by atoms with Crippen LogP contribution in [0.3, 0.4) is 0 Å². The lowest BCUT2D eigenvalue weighted by Gasteiger charge is -2.11. The van der Waals surface area contributed by atoms with Gasteiger partial charge in [0.1, 0.15) is 0 Å². The van der Waals surface area contributed by atoms with Crippen molar-refractivity contribution < 1.29 is 24.3 Å². The second kappa shape index (κ2) is 3.59. The molecule has 2 amide bonds. The third-order valence-electron chi connectivity index (χ3n) is 1.89. The number of amides is 2. The Bertz CT molecular complexity index is 320. The van der Waals surface area contributed by atoms with Crippen LogP contribution in [-0.2, 0) is 19.2 Å². The molecule has 0 unspecified atom stereocenters. The molecule has 6 nitrogen and oxygen atoms in total. The number of carboxylic acid groups (broad SMARTS) is 1. The quantitative estimate of drug-likeness (QED) is 0.631. The number of hydroxylamine groups is 2. The second-order valence-electron chi connectivity index (χ2n) is 2.82. The molecule has 0 radical (unpaired) electrons. The van der Waals surface area contributed by atoms with E-state index in [0.29, 0.717) is 5.06 Å². The molecule has 0 spiro atoms. The molecule has 1 rings (SSSR count). The molecule has 1 N–H and O–H groups in total. The van der Waals surface area contributed by atoms with Crippen LogP contribution in [0.1, 0.15) is 13.8 Å². The van der Waals surface area contributed by atoms with Crippen LogP contribution in [0.25, 0.3) is 0 Å². The molecule has 0 fully saturated rings. The molecular formula is C8H9NO5. The second-order valence-corrected chi connectivity index (χ2v) is 2.82. The summed E-state index contributed by atoms with van der Waals surface area (Å²) in [4.78, 5) is 37.2. The van der Waals surface area contributed by atoms with Gasteiger partial charge in [-0.15, -0.1) is 5.06 Å². The lowest BCUT2D eigenvalue weighted by atomic mass is 10.2. The van der Waals surface area contributed by atoms with E-state index in [4.69, 9.17) is 5.11 Å². The zero-order valence-corrected chi connectivity index (χ0v) is 7.73. The van der Waals surface area contributed by atoms with E-state index in [0.717, 1.165) is 0 Å². The van der Waals surface area contributed by atoms with Crippen LogP contribution in [0, 0.1) is 0 Å². The summed E-state index contributed by atoms with van der Waals surface area (Å²) >= 11 is 0. The van der Waals surface area contributed by atoms with Crippen LogP contribution >= 0.6 is 0 Å². The summed E-state index contributed by atoms with van der Waals surface area (Å²) in [6.07, 6.45) is 0. The smallest absolute Gasteiger partial charge is 0.332 e. The van der Waals surface area contributed by atoms with Crippen molar-refractivity contribution in [3.63, 3.8) is 0 Å². The summed E-state index contributed by atoms with van der Waals surface area (Å²) in [5.41, 5.74) is 0.556. The normalized spacial score (nSPS) is 16.9. The molecule has 0 aliphatic carbocycles. The Hall–Kier alpha value is -1.69. The van der Waals surface area contributed by atoms with Crippen LogP contribution in [0.15, 0.2) is 11.1 Å². The molecular weight excluding hydrogens is 190 g/mol. The van der Waals surface area contributed by atoms with Gasteiger partial charge in [-0.05, 0) is 13.8 Å². The molecule has 0 atom stereocenters. The Morgan fingerprint density at radius 3 is 2.07 bits per heavy atom. The first-order valence-corrected chi connectivity index (χ1v) is 3.86. The molecule has 0 saturated heterocycles. The van der Waals surface area contributed by atoms with Crippen molar-refractivity contribution in [2.75, 3.05) is 6.61 Å². The third-order valence-corrected chi connectivity index (χ3v) is 1.89. The molecule has 0 saturated carbocycles. The topological polar surface area (TPSA) is 83.9 Å². The fraction of sp³-hybridized carbons (Fsp3) is 0.375. The molecule has 1 aliphatic rings. The molecule has 1 heterocycles. The van der Waals surface area contributed by atoms with Gasteiger partial charge in [-0.1, -0.05) is 0 Å². The number of carbonyl (C=O) groups excluding carboxylic acids is 2. The van der Waals surface area contributed by atoms with Crippen molar-refractivity contribution in [2.45, 2.75) is 13.8 Å². The Balaban J connectivity index is 2.72. The van der Waals surface area contributed by atoms with Crippen molar-refractivity contribution in [1.82, 2.24) is 5.06 Å². The lowest BCUT2D eigenvalue weighted by molar-refractivity contribution is -0.191. The van der Waals surface area contributed by atoms with Gasteiger partial charge in [-0.2, -0.15) is 0 Å². The zero-order valence-electron chi connectivity index (χ0n) is 7.73. The number of hydrogen-bond acceptors (Lipinski definition) is 4. The van der Waals surface area contributed by atoms with Gasteiger partial charge in [0, 0.05) is 11.1 Å². The molecule has 0 aromatic rings. The number of nitrogens with zero attached hydrogens (tertiary/aromatic N) is 1. The number of aliphatic carboxylic acids is 1. The molecule has 1 aliphatic heterocycles. The van der Waals surface area contributed by atoms with E-state index in [2.05, 4.69) is 4.84 Å². The zero-order chi connectivity index (χ0) is 10.9. The van der Waals surface area contributed by atoms with Gasteiger partial charge in [0.2, 0.25) is 0 Å². The number of hydrogen-bond donors (Lipinski definition) is 1. The van der Waals surface area contributed by atoms with Gasteiger partial charge >= 0.3 is 5.97 Å². The van der Waals surface area contributed by atoms with E-state index in [-0.39, 0.29) is 11.1 Å². The largest absolute Gasteiger partial charge is 0.479 e. The summed E-state index contributed by atoms with van der Waals surface area (Å²) in [6.45, 7) is 2.26. The van der Waals surface area contributed by atoms with E-state index in [1.807, 2.05) is 0 Å². The number of imide groups is 1. The van der Waals surface area contributed by atoms with Crippen LogP contribution in [0.2, 0.25) is 0 Å². The lowest BCUT2D eigenvalue weighted by Crippen LogP contribution is -2.33. The minimum Gasteiger partial charge on any atom is -0.479 e. The van der Waals surface area contributed by atoms with Gasteiger partial charge in [0.15, 0.2) is 6.61 Å². The maximum absolute atomic E-state index is 11.3. The highest BCUT2D eigenvalue weighted by Crippen LogP contribution is 2.19. The van der Waals surface area contributed by atoms with E-state index in [1.165, 1.54) is 13.8 Å². The number of rotatable bonds is 3. The summed E-state index contributed by atoms with van der Waals surface area (Å²) in [5, 5.41) is 8.76. The molecule has 76 valence electrons. The highest BCUT2D eigenvalue weighted by Gasteiger charge is 2.34. The maximum Gasteiger partial charge on any atom is 0.332 e. The van der Waals surface area contributed by atoms with Gasteiger partial charge < -0.3 is 5.11 Å². The van der Waals surface area contributed by atoms with Crippen LogP contribution in [-0.4, -0.2) is 34.6 Å². The molecule has 14 heavy (non-hydrogen) atoms. The minimum absolute atomic E-state index is 0.278. The predicted molar refractivity (Wildman–Crippen MR) is 43.8 cm³/mol. The first-order chi connectivity index (χ1) is 6.45.